The van der Waals surface area contributed by atoms with Crippen molar-refractivity contribution in [2.24, 2.45) is 0 Å². The van der Waals surface area contributed by atoms with Crippen molar-refractivity contribution in [2.75, 3.05) is 26.3 Å². The SMILES string of the molecule is CCOC(C)CNCC(O)COc1ccc(C)cc1Br. The fourth-order valence-corrected chi connectivity index (χ4v) is 2.37. The molecule has 1 aromatic rings. The van der Waals surface area contributed by atoms with Crippen molar-refractivity contribution in [2.45, 2.75) is 33.0 Å². The molecule has 114 valence electrons. The summed E-state index contributed by atoms with van der Waals surface area (Å²) in [5.74, 6) is 0.748. The van der Waals surface area contributed by atoms with Gasteiger partial charge in [0, 0.05) is 19.7 Å². The number of halogens is 1. The molecule has 0 aromatic heterocycles. The van der Waals surface area contributed by atoms with E-state index in [1.165, 1.54) is 0 Å². The number of benzene rings is 1. The Morgan fingerprint density at radius 2 is 2.10 bits per heavy atom. The Labute approximate surface area is 129 Å². The maximum atomic E-state index is 9.86. The van der Waals surface area contributed by atoms with E-state index in [0.717, 1.165) is 22.3 Å². The molecule has 0 saturated carbocycles. The highest BCUT2D eigenvalue weighted by Gasteiger charge is 2.08. The Hall–Kier alpha value is -0.620. The maximum Gasteiger partial charge on any atom is 0.133 e. The third-order valence-electron chi connectivity index (χ3n) is 2.78. The molecule has 1 rings (SSSR count). The van der Waals surface area contributed by atoms with E-state index < -0.39 is 6.10 Å². The molecule has 4 nitrogen and oxygen atoms in total. The van der Waals surface area contributed by atoms with Gasteiger partial charge in [-0.3, -0.25) is 0 Å². The highest BCUT2D eigenvalue weighted by Crippen LogP contribution is 2.25. The zero-order chi connectivity index (χ0) is 15.0. The van der Waals surface area contributed by atoms with E-state index in [1.807, 2.05) is 39.0 Å². The highest BCUT2D eigenvalue weighted by molar-refractivity contribution is 9.10. The van der Waals surface area contributed by atoms with Crippen LogP contribution in [-0.2, 0) is 4.74 Å². The quantitative estimate of drug-likeness (QED) is 0.721. The van der Waals surface area contributed by atoms with Gasteiger partial charge in [0.25, 0.3) is 0 Å². The molecule has 0 aliphatic heterocycles. The molecule has 0 bridgehead atoms. The van der Waals surface area contributed by atoms with Gasteiger partial charge in [-0.15, -0.1) is 0 Å². The topological polar surface area (TPSA) is 50.7 Å². The molecule has 2 atom stereocenters. The summed E-state index contributed by atoms with van der Waals surface area (Å²) in [6, 6.07) is 5.87. The van der Waals surface area contributed by atoms with Gasteiger partial charge >= 0.3 is 0 Å². The molecule has 1 aromatic carbocycles. The van der Waals surface area contributed by atoms with Crippen LogP contribution < -0.4 is 10.1 Å². The number of aryl methyl sites for hydroxylation is 1. The van der Waals surface area contributed by atoms with Crippen LogP contribution in [0.2, 0.25) is 0 Å². The van der Waals surface area contributed by atoms with Crippen LogP contribution in [0.3, 0.4) is 0 Å². The minimum Gasteiger partial charge on any atom is -0.490 e. The van der Waals surface area contributed by atoms with Crippen LogP contribution in [0.15, 0.2) is 22.7 Å². The summed E-state index contributed by atoms with van der Waals surface area (Å²) in [7, 11) is 0. The molecule has 2 unspecified atom stereocenters. The second kappa shape index (κ2) is 9.34. The van der Waals surface area contributed by atoms with Crippen LogP contribution >= 0.6 is 15.9 Å². The molecule has 0 radical (unpaired) electrons. The largest absolute Gasteiger partial charge is 0.490 e. The second-order valence-electron chi connectivity index (χ2n) is 4.82. The molecule has 0 spiro atoms. The number of hydrogen-bond donors (Lipinski definition) is 2. The van der Waals surface area contributed by atoms with Crippen LogP contribution in [0.5, 0.6) is 5.75 Å². The van der Waals surface area contributed by atoms with E-state index in [1.54, 1.807) is 0 Å². The van der Waals surface area contributed by atoms with Crippen molar-refractivity contribution in [3.05, 3.63) is 28.2 Å². The Morgan fingerprint density at radius 3 is 2.75 bits per heavy atom. The monoisotopic (exact) mass is 345 g/mol. The first-order valence-corrected chi connectivity index (χ1v) is 7.71. The first-order valence-electron chi connectivity index (χ1n) is 6.92. The molecule has 0 aliphatic carbocycles. The molecule has 2 N–H and O–H groups in total. The van der Waals surface area contributed by atoms with Gasteiger partial charge in [0.2, 0.25) is 0 Å². The third kappa shape index (κ3) is 6.70. The maximum absolute atomic E-state index is 9.86. The predicted octanol–water partition coefficient (Wildman–Crippen LogP) is 2.51. The highest BCUT2D eigenvalue weighted by atomic mass is 79.9. The van der Waals surface area contributed by atoms with Crippen molar-refractivity contribution >= 4 is 15.9 Å². The van der Waals surface area contributed by atoms with Crippen LogP contribution in [-0.4, -0.2) is 43.6 Å². The zero-order valence-electron chi connectivity index (χ0n) is 12.4. The third-order valence-corrected chi connectivity index (χ3v) is 3.40. The molecule has 0 aliphatic rings. The summed E-state index contributed by atoms with van der Waals surface area (Å²) >= 11 is 3.45. The first kappa shape index (κ1) is 17.4. The van der Waals surface area contributed by atoms with Gasteiger partial charge in [0.05, 0.1) is 10.6 Å². The minimum absolute atomic E-state index is 0.152. The van der Waals surface area contributed by atoms with Crippen LogP contribution in [0, 0.1) is 6.92 Å². The summed E-state index contributed by atoms with van der Waals surface area (Å²) in [6.07, 6.45) is -0.392. The Morgan fingerprint density at radius 1 is 1.35 bits per heavy atom. The van der Waals surface area contributed by atoms with E-state index in [4.69, 9.17) is 9.47 Å². The lowest BCUT2D eigenvalue weighted by Crippen LogP contribution is -2.35. The molecule has 0 heterocycles. The number of aliphatic hydroxyl groups excluding tert-OH is 1. The van der Waals surface area contributed by atoms with Gasteiger partial charge in [0.1, 0.15) is 18.5 Å². The lowest BCUT2D eigenvalue weighted by Gasteiger charge is -2.16. The molecule has 0 saturated heterocycles. The minimum atomic E-state index is -0.544. The summed E-state index contributed by atoms with van der Waals surface area (Å²) < 4.78 is 11.9. The van der Waals surface area contributed by atoms with E-state index in [2.05, 4.69) is 21.2 Å². The second-order valence-corrected chi connectivity index (χ2v) is 5.68. The van der Waals surface area contributed by atoms with Gasteiger partial charge in [-0.1, -0.05) is 6.07 Å². The van der Waals surface area contributed by atoms with Crippen molar-refractivity contribution in [3.8, 4) is 5.75 Å². The number of rotatable bonds is 9. The average molecular weight is 346 g/mol. The fraction of sp³-hybridized carbons (Fsp3) is 0.600. The Kier molecular flexibility index (Phi) is 8.14. The van der Waals surface area contributed by atoms with Crippen LogP contribution in [0.4, 0.5) is 0 Å². The van der Waals surface area contributed by atoms with Gasteiger partial charge in [0.15, 0.2) is 0 Å². The summed E-state index contributed by atoms with van der Waals surface area (Å²) in [5.41, 5.74) is 1.16. The number of hydrogen-bond acceptors (Lipinski definition) is 4. The lowest BCUT2D eigenvalue weighted by atomic mass is 10.2. The number of aliphatic hydroxyl groups is 1. The normalized spacial score (nSPS) is 14.1. The van der Waals surface area contributed by atoms with Crippen LogP contribution in [0.1, 0.15) is 19.4 Å². The summed E-state index contributed by atoms with van der Waals surface area (Å²) in [6.45, 7) is 8.17. The van der Waals surface area contributed by atoms with Gasteiger partial charge in [-0.25, -0.2) is 0 Å². The van der Waals surface area contributed by atoms with Crippen molar-refractivity contribution < 1.29 is 14.6 Å². The molecule has 20 heavy (non-hydrogen) atoms. The summed E-state index contributed by atoms with van der Waals surface area (Å²) in [5, 5.41) is 13.0. The van der Waals surface area contributed by atoms with Crippen molar-refractivity contribution in [1.29, 1.82) is 0 Å². The number of nitrogens with one attached hydrogen (secondary N) is 1. The zero-order valence-corrected chi connectivity index (χ0v) is 13.9. The van der Waals surface area contributed by atoms with Gasteiger partial charge in [-0.05, 0) is 54.4 Å². The molecule has 0 amide bonds. The predicted molar refractivity (Wildman–Crippen MR) is 84.3 cm³/mol. The molecule has 5 heteroatoms. The van der Waals surface area contributed by atoms with E-state index in [9.17, 15) is 5.11 Å². The van der Waals surface area contributed by atoms with Crippen molar-refractivity contribution in [1.82, 2.24) is 5.32 Å². The first-order chi connectivity index (χ1) is 9.52. The Balaban J connectivity index is 2.24. The molecular weight excluding hydrogens is 322 g/mol. The van der Waals surface area contributed by atoms with Gasteiger partial charge < -0.3 is 19.9 Å². The summed E-state index contributed by atoms with van der Waals surface area (Å²) in [4.78, 5) is 0. The lowest BCUT2D eigenvalue weighted by molar-refractivity contribution is 0.0671. The van der Waals surface area contributed by atoms with E-state index >= 15 is 0 Å². The van der Waals surface area contributed by atoms with Crippen LogP contribution in [0.25, 0.3) is 0 Å². The number of ether oxygens (including phenoxy) is 2. The average Bonchev–Trinajstić information content (AvgIpc) is 2.38. The molecular formula is C15H24BrNO3. The standard InChI is InChI=1S/C15H24BrNO3/c1-4-19-12(3)8-17-9-13(18)10-20-15-6-5-11(2)7-14(15)16/h5-7,12-13,17-18H,4,8-10H2,1-3H3. The Bertz CT molecular complexity index is 401. The van der Waals surface area contributed by atoms with Gasteiger partial charge in [-0.2, -0.15) is 0 Å². The van der Waals surface area contributed by atoms with E-state index in [-0.39, 0.29) is 12.7 Å². The smallest absolute Gasteiger partial charge is 0.133 e. The van der Waals surface area contributed by atoms with E-state index in [0.29, 0.717) is 13.2 Å². The molecule has 0 fully saturated rings. The van der Waals surface area contributed by atoms with Crippen molar-refractivity contribution in [3.63, 3.8) is 0 Å². The fourth-order valence-electron chi connectivity index (χ4n) is 1.76.